The van der Waals surface area contributed by atoms with E-state index in [9.17, 15) is 0 Å². The highest BCUT2D eigenvalue weighted by molar-refractivity contribution is 6.14. The van der Waals surface area contributed by atoms with Gasteiger partial charge >= 0.3 is 0 Å². The van der Waals surface area contributed by atoms with E-state index in [1.807, 2.05) is 24.4 Å². The number of nitrogens with zero attached hydrogens (tertiary/aromatic N) is 5. The van der Waals surface area contributed by atoms with Gasteiger partial charge < -0.3 is 8.83 Å². The first-order valence-corrected chi connectivity index (χ1v) is 17.4. The molecule has 0 unspecified atom stereocenters. The smallest absolute Gasteiger partial charge is 0.228 e. The van der Waals surface area contributed by atoms with E-state index in [4.69, 9.17) is 23.8 Å². The molecule has 0 N–H and O–H groups in total. The van der Waals surface area contributed by atoms with Crippen molar-refractivity contribution in [3.05, 3.63) is 127 Å². The molecule has 51 heavy (non-hydrogen) atoms. The van der Waals surface area contributed by atoms with Gasteiger partial charge in [0.25, 0.3) is 0 Å². The second-order valence-corrected chi connectivity index (χ2v) is 13.9. The Bertz CT molecular complexity index is 2960. The third-order valence-corrected chi connectivity index (χ3v) is 10.1. The lowest BCUT2D eigenvalue weighted by Gasteiger charge is -2.24. The Kier molecular flexibility index (Phi) is 6.43. The number of pyridine rings is 1. The van der Waals surface area contributed by atoms with Crippen molar-refractivity contribution in [2.75, 3.05) is 0 Å². The molecule has 246 valence electrons. The lowest BCUT2D eigenvalue weighted by Crippen LogP contribution is -2.10. The quantitative estimate of drug-likeness (QED) is 0.182. The summed E-state index contributed by atoms with van der Waals surface area (Å²) in [5, 5.41) is 3.80. The van der Waals surface area contributed by atoms with Gasteiger partial charge in [-0.2, -0.15) is 0 Å². The molecule has 0 fully saturated rings. The maximum absolute atomic E-state index is 6.79. The lowest BCUT2D eigenvalue weighted by atomic mass is 9.88. The molecular formula is C44H33N5O2. The molecular weight excluding hydrogens is 631 g/mol. The van der Waals surface area contributed by atoms with Crippen LogP contribution >= 0.6 is 0 Å². The molecule has 7 heteroatoms. The van der Waals surface area contributed by atoms with Gasteiger partial charge in [0.15, 0.2) is 5.58 Å². The summed E-state index contributed by atoms with van der Waals surface area (Å²) in [7, 11) is 0. The number of aromatic nitrogens is 5. The minimum atomic E-state index is 0.215. The van der Waals surface area contributed by atoms with Gasteiger partial charge in [0.2, 0.25) is 5.71 Å². The van der Waals surface area contributed by atoms with Crippen molar-refractivity contribution in [3.63, 3.8) is 0 Å². The number of furan rings is 2. The highest BCUT2D eigenvalue weighted by Gasteiger charge is 2.27. The van der Waals surface area contributed by atoms with E-state index in [0.29, 0.717) is 11.3 Å². The van der Waals surface area contributed by atoms with Crippen molar-refractivity contribution in [1.82, 2.24) is 24.5 Å². The van der Waals surface area contributed by atoms with Gasteiger partial charge in [-0.15, -0.1) is 0 Å². The number of benzene rings is 5. The summed E-state index contributed by atoms with van der Waals surface area (Å²) in [6.45, 7) is 9.06. The van der Waals surface area contributed by atoms with Gasteiger partial charge in [0.1, 0.15) is 28.8 Å². The van der Waals surface area contributed by atoms with Gasteiger partial charge in [0, 0.05) is 22.4 Å². The van der Waals surface area contributed by atoms with Crippen LogP contribution in [0.25, 0.3) is 94.3 Å². The number of para-hydroxylation sites is 2. The predicted molar refractivity (Wildman–Crippen MR) is 206 cm³/mol. The summed E-state index contributed by atoms with van der Waals surface area (Å²) in [6.07, 6.45) is 3.49. The molecule has 0 spiro atoms. The van der Waals surface area contributed by atoms with E-state index >= 15 is 0 Å². The predicted octanol–water partition coefficient (Wildman–Crippen LogP) is 11.7. The van der Waals surface area contributed by atoms with Gasteiger partial charge in [-0.05, 0) is 82.6 Å². The average molecular weight is 664 g/mol. The number of rotatable bonds is 5. The molecule has 0 atom stereocenters. The van der Waals surface area contributed by atoms with Crippen LogP contribution < -0.4 is 0 Å². The molecule has 10 aromatic rings. The van der Waals surface area contributed by atoms with Crippen molar-refractivity contribution in [3.8, 4) is 28.2 Å². The van der Waals surface area contributed by atoms with Crippen molar-refractivity contribution < 1.29 is 8.83 Å². The second kappa shape index (κ2) is 11.1. The fourth-order valence-corrected chi connectivity index (χ4v) is 7.65. The molecule has 0 saturated carbocycles. The van der Waals surface area contributed by atoms with Crippen LogP contribution in [0.5, 0.6) is 0 Å². The second-order valence-electron chi connectivity index (χ2n) is 13.9. The Morgan fingerprint density at radius 3 is 2.20 bits per heavy atom. The van der Waals surface area contributed by atoms with Crippen LogP contribution in [-0.2, 0) is 0 Å². The van der Waals surface area contributed by atoms with E-state index in [1.54, 1.807) is 6.33 Å². The molecule has 0 amide bonds. The maximum atomic E-state index is 6.79. The topological polar surface area (TPSA) is 82.8 Å². The maximum Gasteiger partial charge on any atom is 0.228 e. The molecule has 0 bridgehead atoms. The van der Waals surface area contributed by atoms with E-state index in [-0.39, 0.29) is 11.8 Å². The molecule has 0 aliphatic rings. The Morgan fingerprint density at radius 2 is 1.39 bits per heavy atom. The highest BCUT2D eigenvalue weighted by Crippen LogP contribution is 2.44. The molecule has 5 aromatic heterocycles. The summed E-state index contributed by atoms with van der Waals surface area (Å²) >= 11 is 0. The van der Waals surface area contributed by atoms with Gasteiger partial charge in [-0.25, -0.2) is 19.9 Å². The molecule has 0 aliphatic heterocycles. The van der Waals surface area contributed by atoms with Crippen molar-refractivity contribution in [1.29, 1.82) is 0 Å². The van der Waals surface area contributed by atoms with E-state index in [0.717, 1.165) is 71.9 Å². The van der Waals surface area contributed by atoms with Crippen molar-refractivity contribution in [2.24, 2.45) is 0 Å². The van der Waals surface area contributed by atoms with Crippen LogP contribution in [0.1, 0.15) is 50.7 Å². The molecule has 10 rings (SSSR count). The molecule has 7 nitrogen and oxygen atoms in total. The normalized spacial score (nSPS) is 12.3. The fraction of sp³-hybridized carbons (Fsp3) is 0.136. The van der Waals surface area contributed by atoms with Crippen LogP contribution in [0.15, 0.2) is 124 Å². The highest BCUT2D eigenvalue weighted by atomic mass is 16.3. The summed E-state index contributed by atoms with van der Waals surface area (Å²) in [4.78, 5) is 19.6. The minimum Gasteiger partial charge on any atom is -0.454 e. The first-order valence-electron chi connectivity index (χ1n) is 17.4. The van der Waals surface area contributed by atoms with Crippen LogP contribution in [-0.4, -0.2) is 24.5 Å². The number of hydrogen-bond donors (Lipinski definition) is 0. The summed E-state index contributed by atoms with van der Waals surface area (Å²) in [6, 6.07) is 35.7. The zero-order valence-electron chi connectivity index (χ0n) is 28.7. The molecule has 5 aromatic carbocycles. The first-order chi connectivity index (χ1) is 24.9. The summed E-state index contributed by atoms with van der Waals surface area (Å²) < 4.78 is 15.3. The molecule has 0 saturated heterocycles. The lowest BCUT2D eigenvalue weighted by molar-refractivity contribution is 0.652. The standard InChI is InChI=1S/C44H33N5O2/c1-24(2)32-19-28(26-11-6-5-7-12-26)20-33(25(3)4)40(32)49-41-35(18-17-27-22-45-23-46-38(27)41)47-43(49)31-15-10-14-30-39-37(50-42(30)31)21-34-29-13-8-9-16-36(29)51-44(34)48-39/h5-25H,1-4H3. The largest absolute Gasteiger partial charge is 0.454 e. The average Bonchev–Trinajstić information content (AvgIpc) is 3.84. The third kappa shape index (κ3) is 4.44. The molecule has 0 radical (unpaired) electrons. The van der Waals surface area contributed by atoms with Crippen LogP contribution in [0, 0.1) is 0 Å². The van der Waals surface area contributed by atoms with Crippen LogP contribution in [0.2, 0.25) is 0 Å². The Morgan fingerprint density at radius 1 is 0.627 bits per heavy atom. The zero-order chi connectivity index (χ0) is 34.4. The zero-order valence-corrected chi connectivity index (χ0v) is 28.7. The van der Waals surface area contributed by atoms with E-state index in [1.165, 1.54) is 22.3 Å². The third-order valence-electron chi connectivity index (χ3n) is 10.1. The van der Waals surface area contributed by atoms with E-state index in [2.05, 4.69) is 122 Å². The molecule has 0 aliphatic carbocycles. The Hall–Kier alpha value is -6.34. The minimum absolute atomic E-state index is 0.215. The SMILES string of the molecule is CC(C)c1cc(-c2ccccc2)cc(C(C)C)c1-n1c(-c2cccc3c2oc2cc4c(nc23)oc2ccccc24)nc2ccc3cncnc3c21. The van der Waals surface area contributed by atoms with Gasteiger partial charge in [-0.1, -0.05) is 82.3 Å². The van der Waals surface area contributed by atoms with Crippen LogP contribution in [0.4, 0.5) is 0 Å². The first kappa shape index (κ1) is 29.6. The van der Waals surface area contributed by atoms with E-state index < -0.39 is 0 Å². The fourth-order valence-electron chi connectivity index (χ4n) is 7.65. The van der Waals surface area contributed by atoms with Crippen molar-refractivity contribution >= 4 is 66.1 Å². The Balaban J connectivity index is 1.32. The molecule has 5 heterocycles. The summed E-state index contributed by atoms with van der Waals surface area (Å²) in [5.41, 5.74) is 13.1. The monoisotopic (exact) mass is 663 g/mol. The van der Waals surface area contributed by atoms with Crippen LogP contribution in [0.3, 0.4) is 0 Å². The Labute approximate surface area is 293 Å². The number of hydrogen-bond acceptors (Lipinski definition) is 6. The summed E-state index contributed by atoms with van der Waals surface area (Å²) in [5.74, 6) is 1.21. The van der Waals surface area contributed by atoms with Gasteiger partial charge in [0.05, 0.1) is 33.2 Å². The van der Waals surface area contributed by atoms with Crippen molar-refractivity contribution in [2.45, 2.75) is 39.5 Å². The number of fused-ring (bicyclic) bond motifs is 9. The van der Waals surface area contributed by atoms with Gasteiger partial charge in [-0.3, -0.25) is 4.57 Å². The number of imidazole rings is 1.